The van der Waals surface area contributed by atoms with Gasteiger partial charge in [0.25, 0.3) is 0 Å². The number of H-pyrrole nitrogens is 1. The molecule has 0 aromatic carbocycles. The molecule has 1 rings (SSSR count). The number of hydrogen-bond donors (Lipinski definition) is 1. The summed E-state index contributed by atoms with van der Waals surface area (Å²) in [4.78, 5) is 3.53. The van der Waals surface area contributed by atoms with Crippen LogP contribution >= 0.6 is 0 Å². The highest BCUT2D eigenvalue weighted by molar-refractivity contribution is 5.43. The highest BCUT2D eigenvalue weighted by Gasteiger charge is 2.32. The maximum Gasteiger partial charge on any atom is 0.0242 e. The Morgan fingerprint density at radius 3 is 1.47 bits per heavy atom. The molecule has 0 aliphatic rings. The van der Waals surface area contributed by atoms with Crippen LogP contribution in [0, 0.1) is 0 Å². The van der Waals surface area contributed by atoms with Crippen molar-refractivity contribution in [3.8, 4) is 0 Å². The second-order valence-corrected chi connectivity index (χ2v) is 8.20. The van der Waals surface area contributed by atoms with E-state index in [9.17, 15) is 0 Å². The van der Waals surface area contributed by atoms with E-state index in [-0.39, 0.29) is 16.2 Å². The molecule has 0 fully saturated rings. The van der Waals surface area contributed by atoms with E-state index in [1.54, 1.807) is 0 Å². The third-order valence-corrected chi connectivity index (χ3v) is 3.19. The highest BCUT2D eigenvalue weighted by Crippen LogP contribution is 2.40. The van der Waals surface area contributed by atoms with Gasteiger partial charge in [-0.05, 0) is 22.0 Å². The third kappa shape index (κ3) is 2.94. The zero-order valence-corrected chi connectivity index (χ0v) is 13.1. The van der Waals surface area contributed by atoms with Gasteiger partial charge in [-0.1, -0.05) is 62.3 Å². The monoisotopic (exact) mass is 235 g/mol. The van der Waals surface area contributed by atoms with E-state index >= 15 is 0 Å². The van der Waals surface area contributed by atoms with Gasteiger partial charge in [-0.2, -0.15) is 0 Å². The van der Waals surface area contributed by atoms with Crippen LogP contribution in [0.1, 0.15) is 79.1 Å². The van der Waals surface area contributed by atoms with Gasteiger partial charge in [0.15, 0.2) is 0 Å². The van der Waals surface area contributed by atoms with Crippen molar-refractivity contribution in [2.75, 3.05) is 0 Å². The summed E-state index contributed by atoms with van der Waals surface area (Å²) < 4.78 is 0. The second-order valence-electron chi connectivity index (χ2n) is 8.20. The third-order valence-electron chi connectivity index (χ3n) is 3.19. The van der Waals surface area contributed by atoms with Crippen LogP contribution in [0.5, 0.6) is 0 Å². The van der Waals surface area contributed by atoms with Crippen molar-refractivity contribution >= 4 is 0 Å². The standard InChI is InChI=1S/C16H29N/c1-14(2,3)11-10-17-13(16(7,8)9)12(11)15(4,5)6/h10,17H,1-9H3. The van der Waals surface area contributed by atoms with Crippen LogP contribution in [0.4, 0.5) is 0 Å². The normalized spacial score (nSPS) is 14.2. The van der Waals surface area contributed by atoms with Crippen LogP contribution < -0.4 is 0 Å². The van der Waals surface area contributed by atoms with Crippen molar-refractivity contribution in [1.82, 2.24) is 4.98 Å². The lowest BCUT2D eigenvalue weighted by Gasteiger charge is -2.31. The van der Waals surface area contributed by atoms with Gasteiger partial charge in [-0.15, -0.1) is 0 Å². The van der Waals surface area contributed by atoms with E-state index in [4.69, 9.17) is 0 Å². The molecular weight excluding hydrogens is 206 g/mol. The summed E-state index contributed by atoms with van der Waals surface area (Å²) in [6.45, 7) is 20.6. The van der Waals surface area contributed by atoms with E-state index in [0.717, 1.165) is 0 Å². The Labute approximate surface area is 107 Å². The Bertz CT molecular complexity index is 357. The summed E-state index contributed by atoms with van der Waals surface area (Å²) in [5.41, 5.74) is 4.89. The summed E-state index contributed by atoms with van der Waals surface area (Å²) in [6, 6.07) is 0. The molecule has 1 heteroatoms. The molecule has 1 aromatic rings. The molecule has 0 radical (unpaired) electrons. The fourth-order valence-electron chi connectivity index (χ4n) is 2.39. The minimum absolute atomic E-state index is 0.173. The van der Waals surface area contributed by atoms with Gasteiger partial charge in [0.1, 0.15) is 0 Å². The lowest BCUT2D eigenvalue weighted by atomic mass is 9.73. The minimum atomic E-state index is 0.173. The molecule has 1 nitrogen and oxygen atoms in total. The van der Waals surface area contributed by atoms with Crippen molar-refractivity contribution in [3.63, 3.8) is 0 Å². The van der Waals surface area contributed by atoms with Crippen LogP contribution in [-0.2, 0) is 16.2 Å². The highest BCUT2D eigenvalue weighted by atomic mass is 14.7. The molecule has 1 heterocycles. The van der Waals surface area contributed by atoms with Crippen molar-refractivity contribution in [2.24, 2.45) is 0 Å². The average Bonchev–Trinajstić information content (AvgIpc) is 2.42. The van der Waals surface area contributed by atoms with Gasteiger partial charge in [0.2, 0.25) is 0 Å². The largest absolute Gasteiger partial charge is 0.364 e. The summed E-state index contributed by atoms with van der Waals surface area (Å²) in [6.07, 6.45) is 2.21. The molecule has 0 amide bonds. The molecule has 0 bridgehead atoms. The van der Waals surface area contributed by atoms with Gasteiger partial charge in [-0.25, -0.2) is 0 Å². The second kappa shape index (κ2) is 3.90. The number of hydrogen-bond acceptors (Lipinski definition) is 0. The Hall–Kier alpha value is -0.720. The molecule has 0 saturated heterocycles. The predicted molar refractivity (Wildman–Crippen MR) is 76.9 cm³/mol. The molecule has 0 atom stereocenters. The Morgan fingerprint density at radius 2 is 1.18 bits per heavy atom. The van der Waals surface area contributed by atoms with Gasteiger partial charge in [0.05, 0.1) is 0 Å². The fourth-order valence-corrected chi connectivity index (χ4v) is 2.39. The fraction of sp³-hybridized carbons (Fsp3) is 0.750. The molecule has 0 saturated carbocycles. The maximum absolute atomic E-state index is 3.53. The first-order valence-electron chi connectivity index (χ1n) is 6.58. The SMILES string of the molecule is CC(C)(C)c1c[nH]c(C(C)(C)C)c1C(C)(C)C. The molecule has 0 unspecified atom stereocenters. The van der Waals surface area contributed by atoms with Gasteiger partial charge in [-0.3, -0.25) is 0 Å². The van der Waals surface area contributed by atoms with E-state index in [2.05, 4.69) is 73.5 Å². The van der Waals surface area contributed by atoms with Gasteiger partial charge in [0, 0.05) is 17.3 Å². The molecule has 1 aromatic heterocycles. The molecule has 0 aliphatic heterocycles. The first-order chi connectivity index (χ1) is 7.35. The summed E-state index contributed by atoms with van der Waals surface area (Å²) in [5.74, 6) is 0. The number of rotatable bonds is 0. The van der Waals surface area contributed by atoms with Crippen molar-refractivity contribution in [3.05, 3.63) is 23.0 Å². The topological polar surface area (TPSA) is 15.8 Å². The van der Waals surface area contributed by atoms with E-state index in [1.165, 1.54) is 16.8 Å². The number of nitrogens with one attached hydrogen (secondary N) is 1. The first-order valence-corrected chi connectivity index (χ1v) is 6.58. The minimum Gasteiger partial charge on any atom is -0.364 e. The van der Waals surface area contributed by atoms with Crippen LogP contribution in [0.2, 0.25) is 0 Å². The van der Waals surface area contributed by atoms with Gasteiger partial charge < -0.3 is 4.98 Å². The number of aromatic amines is 1. The van der Waals surface area contributed by atoms with Crippen molar-refractivity contribution in [2.45, 2.75) is 78.6 Å². The molecule has 0 aliphatic carbocycles. The maximum atomic E-state index is 3.53. The predicted octanol–water partition coefficient (Wildman–Crippen LogP) is 4.91. The van der Waals surface area contributed by atoms with E-state index in [1.807, 2.05) is 0 Å². The Kier molecular flexibility index (Phi) is 3.29. The number of aromatic nitrogens is 1. The summed E-state index contributed by atoms with van der Waals surface area (Å²) in [7, 11) is 0. The van der Waals surface area contributed by atoms with E-state index in [0.29, 0.717) is 0 Å². The average molecular weight is 235 g/mol. The van der Waals surface area contributed by atoms with Crippen LogP contribution in [0.3, 0.4) is 0 Å². The molecule has 98 valence electrons. The lowest BCUT2D eigenvalue weighted by Crippen LogP contribution is -2.25. The molecule has 17 heavy (non-hydrogen) atoms. The van der Waals surface area contributed by atoms with Crippen LogP contribution in [0.15, 0.2) is 6.20 Å². The van der Waals surface area contributed by atoms with Crippen LogP contribution in [-0.4, -0.2) is 4.98 Å². The first kappa shape index (κ1) is 14.3. The smallest absolute Gasteiger partial charge is 0.0242 e. The Morgan fingerprint density at radius 1 is 0.706 bits per heavy atom. The van der Waals surface area contributed by atoms with Crippen molar-refractivity contribution in [1.29, 1.82) is 0 Å². The zero-order chi connectivity index (χ0) is 13.6. The van der Waals surface area contributed by atoms with E-state index < -0.39 is 0 Å². The molecule has 0 spiro atoms. The lowest BCUT2D eigenvalue weighted by molar-refractivity contribution is 0.501. The quantitative estimate of drug-likeness (QED) is 0.658. The molecular formula is C16H29N. The Balaban J connectivity index is 3.53. The van der Waals surface area contributed by atoms with Crippen molar-refractivity contribution < 1.29 is 0 Å². The zero-order valence-electron chi connectivity index (χ0n) is 13.1. The summed E-state index contributed by atoms with van der Waals surface area (Å²) in [5, 5.41) is 0. The van der Waals surface area contributed by atoms with Gasteiger partial charge >= 0.3 is 0 Å². The van der Waals surface area contributed by atoms with Crippen LogP contribution in [0.25, 0.3) is 0 Å². The summed E-state index contributed by atoms with van der Waals surface area (Å²) >= 11 is 0. The molecule has 1 N–H and O–H groups in total.